The van der Waals surface area contributed by atoms with Crippen molar-refractivity contribution in [3.63, 3.8) is 0 Å². The summed E-state index contributed by atoms with van der Waals surface area (Å²) in [6.07, 6.45) is 7.66. The Morgan fingerprint density at radius 3 is 2.19 bits per heavy atom. The third-order valence-electron chi connectivity index (χ3n) is 7.39. The Morgan fingerprint density at radius 1 is 1.04 bits per heavy atom. The molecule has 0 radical (unpaired) electrons. The lowest BCUT2D eigenvalue weighted by Gasteiger charge is -2.57. The van der Waals surface area contributed by atoms with Crippen LogP contribution in [0.15, 0.2) is 12.1 Å². The van der Waals surface area contributed by atoms with Crippen molar-refractivity contribution < 1.29 is 4.79 Å². The number of carbonyl (C=O) groups excluding carboxylic acids is 1. The highest BCUT2D eigenvalue weighted by Crippen LogP contribution is 2.60. The molecule has 1 aliphatic heterocycles. The molecule has 1 aromatic rings. The number of nitrogens with zero attached hydrogens (tertiary/aromatic N) is 4. The first-order valence-electron chi connectivity index (χ1n) is 10.8. The molecule has 0 atom stereocenters. The van der Waals surface area contributed by atoms with Gasteiger partial charge in [-0.3, -0.25) is 4.79 Å². The van der Waals surface area contributed by atoms with Crippen molar-refractivity contribution in [2.45, 2.75) is 45.4 Å². The van der Waals surface area contributed by atoms with Crippen molar-refractivity contribution in [1.82, 2.24) is 15.1 Å². The van der Waals surface area contributed by atoms with Crippen LogP contribution in [0.1, 0.15) is 45.4 Å². The van der Waals surface area contributed by atoms with Gasteiger partial charge in [-0.2, -0.15) is 0 Å². The first-order valence-corrected chi connectivity index (χ1v) is 10.8. The molecular formula is C21H31N5O. The smallest absolute Gasteiger partial charge is 0.228 e. The summed E-state index contributed by atoms with van der Waals surface area (Å²) in [4.78, 5) is 17.9. The van der Waals surface area contributed by atoms with Gasteiger partial charge in [0.05, 0.1) is 5.41 Å². The second-order valence-corrected chi connectivity index (χ2v) is 9.28. The predicted molar refractivity (Wildman–Crippen MR) is 106 cm³/mol. The van der Waals surface area contributed by atoms with Gasteiger partial charge in [0.25, 0.3) is 0 Å². The number of carbonyl (C=O) groups is 1. The van der Waals surface area contributed by atoms with Crippen LogP contribution in [-0.4, -0.2) is 53.7 Å². The zero-order chi connectivity index (χ0) is 18.4. The Morgan fingerprint density at radius 2 is 1.67 bits per heavy atom. The van der Waals surface area contributed by atoms with Gasteiger partial charge in [-0.1, -0.05) is 0 Å². The predicted octanol–water partition coefficient (Wildman–Crippen LogP) is 2.77. The van der Waals surface area contributed by atoms with E-state index in [1.807, 2.05) is 12.1 Å². The van der Waals surface area contributed by atoms with Crippen molar-refractivity contribution in [3.8, 4) is 0 Å². The third-order valence-corrected chi connectivity index (χ3v) is 7.39. The van der Waals surface area contributed by atoms with Crippen molar-refractivity contribution in [2.24, 2.45) is 23.2 Å². The molecule has 1 amide bonds. The summed E-state index contributed by atoms with van der Waals surface area (Å²) in [5, 5.41) is 11.8. The highest BCUT2D eigenvalue weighted by atomic mass is 16.2. The summed E-state index contributed by atoms with van der Waals surface area (Å²) in [6.45, 7) is 6.24. The van der Waals surface area contributed by atoms with Gasteiger partial charge >= 0.3 is 0 Å². The van der Waals surface area contributed by atoms with E-state index in [9.17, 15) is 4.79 Å². The van der Waals surface area contributed by atoms with Crippen LogP contribution in [-0.2, 0) is 4.79 Å². The molecule has 2 heterocycles. The average molecular weight is 370 g/mol. The molecule has 4 aliphatic carbocycles. The summed E-state index contributed by atoms with van der Waals surface area (Å²) in [7, 11) is 0. The summed E-state index contributed by atoms with van der Waals surface area (Å²) in [5.74, 6) is 4.68. The fourth-order valence-corrected chi connectivity index (χ4v) is 6.62. The zero-order valence-electron chi connectivity index (χ0n) is 16.4. The quantitative estimate of drug-likeness (QED) is 0.884. The number of nitrogens with one attached hydrogen (secondary N) is 1. The minimum Gasteiger partial charge on any atom is -0.369 e. The van der Waals surface area contributed by atoms with Crippen molar-refractivity contribution in [1.29, 1.82) is 0 Å². The van der Waals surface area contributed by atoms with Gasteiger partial charge in [0.2, 0.25) is 5.91 Å². The van der Waals surface area contributed by atoms with Crippen LogP contribution in [0.5, 0.6) is 0 Å². The van der Waals surface area contributed by atoms with Gasteiger partial charge in [-0.25, -0.2) is 0 Å². The molecule has 27 heavy (non-hydrogen) atoms. The van der Waals surface area contributed by atoms with Gasteiger partial charge in [0.1, 0.15) is 5.82 Å². The first-order chi connectivity index (χ1) is 13.1. The van der Waals surface area contributed by atoms with Gasteiger partial charge < -0.3 is 15.1 Å². The standard InChI is InChI=1S/C21H31N5O/c1-2-22-18-3-4-19(24-23-18)25-5-7-26(8-6-25)20(27)21-12-15-9-16(13-21)11-17(10-15)14-21/h3-4,15-17H,2,5-14H2,1H3,(H,22,23). The molecular weight excluding hydrogens is 338 g/mol. The van der Waals surface area contributed by atoms with Crippen molar-refractivity contribution in [2.75, 3.05) is 42.9 Å². The van der Waals surface area contributed by atoms with Crippen molar-refractivity contribution >= 4 is 17.5 Å². The topological polar surface area (TPSA) is 61.4 Å². The van der Waals surface area contributed by atoms with Gasteiger partial charge in [-0.15, -0.1) is 10.2 Å². The van der Waals surface area contributed by atoms with Crippen LogP contribution in [0.25, 0.3) is 0 Å². The molecule has 6 heteroatoms. The summed E-state index contributed by atoms with van der Waals surface area (Å²) >= 11 is 0. The molecule has 5 fully saturated rings. The van der Waals surface area contributed by atoms with Gasteiger partial charge in [-0.05, 0) is 75.3 Å². The lowest BCUT2D eigenvalue weighted by molar-refractivity contribution is -0.158. The lowest BCUT2D eigenvalue weighted by atomic mass is 9.49. The number of hydrogen-bond acceptors (Lipinski definition) is 5. The molecule has 5 aliphatic rings. The number of aromatic nitrogens is 2. The number of hydrogen-bond donors (Lipinski definition) is 1. The molecule has 4 saturated carbocycles. The van der Waals surface area contributed by atoms with E-state index in [1.54, 1.807) is 0 Å². The van der Waals surface area contributed by atoms with E-state index < -0.39 is 0 Å². The van der Waals surface area contributed by atoms with Crippen LogP contribution in [0.4, 0.5) is 11.6 Å². The second-order valence-electron chi connectivity index (χ2n) is 9.28. The molecule has 146 valence electrons. The van der Waals surface area contributed by atoms with Crippen molar-refractivity contribution in [3.05, 3.63) is 12.1 Å². The monoisotopic (exact) mass is 369 g/mol. The maximum atomic E-state index is 13.5. The summed E-state index contributed by atoms with van der Waals surface area (Å²) < 4.78 is 0. The average Bonchev–Trinajstić information content (AvgIpc) is 2.67. The minimum absolute atomic E-state index is 0.00973. The summed E-state index contributed by atoms with van der Waals surface area (Å²) in [6, 6.07) is 4.01. The Hall–Kier alpha value is -1.85. The Balaban J connectivity index is 1.22. The molecule has 1 saturated heterocycles. The van der Waals surface area contributed by atoms with E-state index in [0.29, 0.717) is 5.91 Å². The van der Waals surface area contributed by atoms with Gasteiger partial charge in [0.15, 0.2) is 5.82 Å². The zero-order valence-corrected chi connectivity index (χ0v) is 16.4. The van der Waals surface area contributed by atoms with Crippen LogP contribution >= 0.6 is 0 Å². The molecule has 4 bridgehead atoms. The number of amides is 1. The maximum Gasteiger partial charge on any atom is 0.228 e. The summed E-state index contributed by atoms with van der Waals surface area (Å²) in [5.41, 5.74) is -0.00973. The minimum atomic E-state index is -0.00973. The molecule has 6 nitrogen and oxygen atoms in total. The molecule has 0 unspecified atom stereocenters. The van der Waals surface area contributed by atoms with Crippen LogP contribution < -0.4 is 10.2 Å². The normalized spacial score (nSPS) is 34.8. The van der Waals surface area contributed by atoms with Crippen LogP contribution in [0.2, 0.25) is 0 Å². The lowest BCUT2D eigenvalue weighted by Crippen LogP contribution is -2.58. The largest absolute Gasteiger partial charge is 0.369 e. The maximum absolute atomic E-state index is 13.5. The SMILES string of the molecule is CCNc1ccc(N2CCN(C(=O)C34CC5CC(CC(C5)C3)C4)CC2)nn1. The van der Waals surface area contributed by atoms with E-state index in [4.69, 9.17) is 0 Å². The highest BCUT2D eigenvalue weighted by Gasteiger charge is 2.55. The Bertz CT molecular complexity index is 660. The van der Waals surface area contributed by atoms with E-state index in [-0.39, 0.29) is 5.41 Å². The van der Waals surface area contributed by atoms with Gasteiger partial charge in [0, 0.05) is 32.7 Å². The van der Waals surface area contributed by atoms with E-state index in [2.05, 4.69) is 32.2 Å². The van der Waals surface area contributed by atoms with E-state index in [1.165, 1.54) is 19.3 Å². The van der Waals surface area contributed by atoms with E-state index >= 15 is 0 Å². The molecule has 0 aromatic carbocycles. The molecule has 1 aromatic heterocycles. The molecule has 0 spiro atoms. The third kappa shape index (κ3) is 3.07. The number of anilines is 2. The van der Waals surface area contributed by atoms with E-state index in [0.717, 1.165) is 81.4 Å². The highest BCUT2D eigenvalue weighted by molar-refractivity contribution is 5.83. The molecule has 6 rings (SSSR count). The second kappa shape index (κ2) is 6.64. The Labute approximate surface area is 161 Å². The molecule has 1 N–H and O–H groups in total. The first kappa shape index (κ1) is 17.3. The number of rotatable bonds is 4. The fourth-order valence-electron chi connectivity index (χ4n) is 6.62. The van der Waals surface area contributed by atoms with Crippen LogP contribution in [0, 0.1) is 23.2 Å². The Kier molecular flexibility index (Phi) is 4.25. The fraction of sp³-hybridized carbons (Fsp3) is 0.762. The van der Waals surface area contributed by atoms with Crippen LogP contribution in [0.3, 0.4) is 0 Å². The number of piperazine rings is 1.